The van der Waals surface area contributed by atoms with Crippen LogP contribution in [-0.4, -0.2) is 32.1 Å². The maximum absolute atomic E-state index is 13.3. The zero-order valence-corrected chi connectivity index (χ0v) is 16.9. The van der Waals surface area contributed by atoms with E-state index in [9.17, 15) is 9.18 Å². The number of pyridine rings is 1. The molecule has 0 saturated heterocycles. The Hall–Kier alpha value is -3.52. The first-order valence-electron chi connectivity index (χ1n) is 9.19. The maximum atomic E-state index is 13.3. The molecule has 0 atom stereocenters. The summed E-state index contributed by atoms with van der Waals surface area (Å²) >= 11 is 1.66. The van der Waals surface area contributed by atoms with E-state index in [0.717, 1.165) is 16.0 Å². The van der Waals surface area contributed by atoms with Gasteiger partial charge >= 0.3 is 0 Å². The largest absolute Gasteiger partial charge is 0.346 e. The molecule has 0 bridgehead atoms. The lowest BCUT2D eigenvalue weighted by Gasteiger charge is -2.09. The number of nitrogens with zero attached hydrogens (tertiary/aromatic N) is 4. The molecule has 8 heteroatoms. The Morgan fingerprint density at radius 3 is 2.40 bits per heavy atom. The van der Waals surface area contributed by atoms with Crippen molar-refractivity contribution in [3.63, 3.8) is 0 Å². The molecule has 0 aliphatic carbocycles. The monoisotopic (exact) mass is 419 g/mol. The highest BCUT2D eigenvalue weighted by atomic mass is 32.2. The molecule has 4 aromatic rings. The number of carbonyl (C=O) groups is 1. The molecule has 1 N–H and O–H groups in total. The van der Waals surface area contributed by atoms with Gasteiger partial charge in [-0.15, -0.1) is 16.9 Å². The van der Waals surface area contributed by atoms with E-state index in [1.165, 1.54) is 16.8 Å². The fraction of sp³-hybridized carbons (Fsp3) is 0.0909. The van der Waals surface area contributed by atoms with Crippen LogP contribution < -0.4 is 5.32 Å². The second-order valence-electron chi connectivity index (χ2n) is 6.44. The average molecular weight is 419 g/mol. The van der Waals surface area contributed by atoms with Gasteiger partial charge in [0.2, 0.25) is 0 Å². The second-order valence-corrected chi connectivity index (χ2v) is 7.32. The third-order valence-corrected chi connectivity index (χ3v) is 5.27. The molecule has 0 unspecified atom stereocenters. The normalized spacial score (nSPS) is 10.7. The first kappa shape index (κ1) is 19.8. The number of hydrogen-bond acceptors (Lipinski definition) is 5. The van der Waals surface area contributed by atoms with E-state index < -0.39 is 0 Å². The lowest BCUT2D eigenvalue weighted by molar-refractivity contribution is 0.0946. The van der Waals surface area contributed by atoms with Crippen LogP contribution in [0.4, 0.5) is 4.39 Å². The van der Waals surface area contributed by atoms with Crippen molar-refractivity contribution < 1.29 is 9.18 Å². The van der Waals surface area contributed by atoms with Crippen LogP contribution in [0.2, 0.25) is 0 Å². The molecule has 0 radical (unpaired) electrons. The van der Waals surface area contributed by atoms with Crippen LogP contribution in [0.1, 0.15) is 16.1 Å². The minimum Gasteiger partial charge on any atom is -0.346 e. The van der Waals surface area contributed by atoms with Crippen molar-refractivity contribution in [3.05, 3.63) is 90.1 Å². The van der Waals surface area contributed by atoms with Crippen LogP contribution in [-0.2, 0) is 6.54 Å². The van der Waals surface area contributed by atoms with E-state index in [1.807, 2.05) is 30.5 Å². The smallest absolute Gasteiger partial charge is 0.274 e. The van der Waals surface area contributed by atoms with Crippen molar-refractivity contribution >= 4 is 17.7 Å². The lowest BCUT2D eigenvalue weighted by Crippen LogP contribution is -2.24. The van der Waals surface area contributed by atoms with Crippen LogP contribution in [0.25, 0.3) is 16.9 Å². The van der Waals surface area contributed by atoms with E-state index in [0.29, 0.717) is 17.9 Å². The van der Waals surface area contributed by atoms with Gasteiger partial charge in [0.05, 0.1) is 5.69 Å². The molecule has 2 aromatic heterocycles. The summed E-state index contributed by atoms with van der Waals surface area (Å²) in [7, 11) is 0. The van der Waals surface area contributed by atoms with Crippen LogP contribution in [0.5, 0.6) is 0 Å². The van der Waals surface area contributed by atoms with E-state index in [-0.39, 0.29) is 17.4 Å². The summed E-state index contributed by atoms with van der Waals surface area (Å²) < 4.78 is 14.9. The number of nitrogens with one attached hydrogen (secondary N) is 1. The highest BCUT2D eigenvalue weighted by Gasteiger charge is 2.22. The minimum absolute atomic E-state index is 0.186. The number of halogens is 1. The van der Waals surface area contributed by atoms with Gasteiger partial charge in [0.1, 0.15) is 11.5 Å². The Morgan fingerprint density at radius 2 is 1.73 bits per heavy atom. The maximum Gasteiger partial charge on any atom is 0.274 e. The SMILES string of the molecule is CSc1ccc(CNC(=O)c2nnn(-c3ccc(F)cc3)c2-c2ccncc2)cc1. The predicted molar refractivity (Wildman–Crippen MR) is 114 cm³/mol. The molecule has 4 rings (SSSR count). The number of rotatable bonds is 6. The van der Waals surface area contributed by atoms with Gasteiger partial charge in [-0.3, -0.25) is 9.78 Å². The van der Waals surface area contributed by atoms with Crippen LogP contribution in [0, 0.1) is 5.82 Å². The Morgan fingerprint density at radius 1 is 1.03 bits per heavy atom. The molecule has 0 saturated carbocycles. The van der Waals surface area contributed by atoms with Gasteiger partial charge in [0, 0.05) is 29.4 Å². The van der Waals surface area contributed by atoms with Gasteiger partial charge in [0.25, 0.3) is 5.91 Å². The fourth-order valence-corrected chi connectivity index (χ4v) is 3.38. The summed E-state index contributed by atoms with van der Waals surface area (Å²) in [5.74, 6) is -0.695. The van der Waals surface area contributed by atoms with Gasteiger partial charge in [-0.1, -0.05) is 17.3 Å². The van der Waals surface area contributed by atoms with Crippen molar-refractivity contribution in [1.29, 1.82) is 0 Å². The molecule has 6 nitrogen and oxygen atoms in total. The zero-order chi connectivity index (χ0) is 20.9. The molecule has 0 aliphatic rings. The van der Waals surface area contributed by atoms with Crippen LogP contribution in [0.15, 0.2) is 78.0 Å². The Bertz CT molecular complexity index is 1140. The molecule has 2 aromatic carbocycles. The molecule has 150 valence electrons. The summed E-state index contributed by atoms with van der Waals surface area (Å²) in [6.45, 7) is 0.368. The first-order chi connectivity index (χ1) is 14.7. The fourth-order valence-electron chi connectivity index (χ4n) is 2.98. The number of carbonyl (C=O) groups excluding carboxylic acids is 1. The summed E-state index contributed by atoms with van der Waals surface area (Å²) in [5.41, 5.74) is 3.01. The predicted octanol–water partition coefficient (Wildman–Crippen LogP) is 4.12. The number of aromatic nitrogens is 4. The second kappa shape index (κ2) is 8.87. The van der Waals surface area contributed by atoms with Crippen molar-refractivity contribution in [2.24, 2.45) is 0 Å². The van der Waals surface area contributed by atoms with Crippen LogP contribution >= 0.6 is 11.8 Å². The topological polar surface area (TPSA) is 72.7 Å². The first-order valence-corrected chi connectivity index (χ1v) is 10.4. The molecular formula is C22H18FN5OS. The minimum atomic E-state index is -0.352. The quantitative estimate of drug-likeness (QED) is 0.476. The van der Waals surface area contributed by atoms with Gasteiger partial charge in [-0.25, -0.2) is 9.07 Å². The van der Waals surface area contributed by atoms with E-state index in [1.54, 1.807) is 48.4 Å². The van der Waals surface area contributed by atoms with Gasteiger partial charge in [0.15, 0.2) is 5.69 Å². The number of hydrogen-bond donors (Lipinski definition) is 1. The van der Waals surface area contributed by atoms with Crippen LogP contribution in [0.3, 0.4) is 0 Å². The van der Waals surface area contributed by atoms with Gasteiger partial charge in [-0.05, 0) is 60.4 Å². The van der Waals surface area contributed by atoms with Crippen molar-refractivity contribution in [1.82, 2.24) is 25.3 Å². The molecule has 30 heavy (non-hydrogen) atoms. The zero-order valence-electron chi connectivity index (χ0n) is 16.1. The highest BCUT2D eigenvalue weighted by molar-refractivity contribution is 7.98. The Balaban J connectivity index is 1.65. The lowest BCUT2D eigenvalue weighted by atomic mass is 10.1. The number of thioether (sulfide) groups is 1. The summed E-state index contributed by atoms with van der Waals surface area (Å²) in [6, 6.07) is 17.4. The third-order valence-electron chi connectivity index (χ3n) is 4.52. The van der Waals surface area contributed by atoms with E-state index in [4.69, 9.17) is 0 Å². The van der Waals surface area contributed by atoms with E-state index >= 15 is 0 Å². The van der Waals surface area contributed by atoms with E-state index in [2.05, 4.69) is 20.6 Å². The Kier molecular flexibility index (Phi) is 5.85. The summed E-state index contributed by atoms with van der Waals surface area (Å²) in [4.78, 5) is 18.1. The van der Waals surface area contributed by atoms with Crippen molar-refractivity contribution in [2.45, 2.75) is 11.4 Å². The third kappa shape index (κ3) is 4.23. The van der Waals surface area contributed by atoms with Gasteiger partial charge < -0.3 is 5.32 Å². The number of benzene rings is 2. The molecular weight excluding hydrogens is 401 g/mol. The Labute approximate surface area is 177 Å². The summed E-state index contributed by atoms with van der Waals surface area (Å²) in [5, 5.41) is 11.2. The molecule has 0 spiro atoms. The molecule has 0 fully saturated rings. The van der Waals surface area contributed by atoms with Crippen molar-refractivity contribution in [3.8, 4) is 16.9 Å². The standard InChI is InChI=1S/C22H18FN5OS/c1-30-19-8-2-15(3-9-19)14-25-22(29)20-21(16-10-12-24-13-11-16)28(27-26-20)18-6-4-17(23)5-7-18/h2-13H,14H2,1H3,(H,25,29). The van der Waals surface area contributed by atoms with Gasteiger partial charge in [-0.2, -0.15) is 0 Å². The highest BCUT2D eigenvalue weighted by Crippen LogP contribution is 2.25. The van der Waals surface area contributed by atoms with Crippen molar-refractivity contribution in [2.75, 3.05) is 6.26 Å². The number of amides is 1. The molecule has 2 heterocycles. The molecule has 1 amide bonds. The molecule has 0 aliphatic heterocycles. The summed E-state index contributed by atoms with van der Waals surface area (Å²) in [6.07, 6.45) is 5.28. The average Bonchev–Trinajstić information content (AvgIpc) is 3.24.